The van der Waals surface area contributed by atoms with Crippen molar-refractivity contribution in [1.29, 1.82) is 0 Å². The molecule has 3 aromatic rings. The predicted octanol–water partition coefficient (Wildman–Crippen LogP) is 3.49. The molecule has 0 bridgehead atoms. The van der Waals surface area contributed by atoms with Gasteiger partial charge in [-0.15, -0.1) is 0 Å². The van der Waals surface area contributed by atoms with Gasteiger partial charge in [0.15, 0.2) is 5.58 Å². The minimum absolute atomic E-state index is 0.193. The van der Waals surface area contributed by atoms with Crippen molar-refractivity contribution in [3.05, 3.63) is 57.0 Å². The fraction of sp³-hybridized carbons (Fsp3) is 0.188. The summed E-state index contributed by atoms with van der Waals surface area (Å²) in [5.41, 5.74) is 1.93. The number of benzene rings is 2. The van der Waals surface area contributed by atoms with E-state index in [0.29, 0.717) is 28.9 Å². The molecule has 126 valence electrons. The van der Waals surface area contributed by atoms with Gasteiger partial charge >= 0.3 is 5.76 Å². The van der Waals surface area contributed by atoms with Crippen molar-refractivity contribution in [2.75, 3.05) is 4.72 Å². The second-order valence-corrected chi connectivity index (χ2v) is 7.88. The molecule has 0 radical (unpaired) electrons. The number of rotatable bonds is 4. The summed E-state index contributed by atoms with van der Waals surface area (Å²) in [4.78, 5) is 11.9. The molecule has 0 aliphatic rings. The quantitative estimate of drug-likeness (QED) is 0.713. The van der Waals surface area contributed by atoms with Gasteiger partial charge in [0, 0.05) is 17.1 Å². The highest BCUT2D eigenvalue weighted by atomic mass is 79.9. The summed E-state index contributed by atoms with van der Waals surface area (Å²) in [6, 6.07) is 9.72. The van der Waals surface area contributed by atoms with E-state index in [1.807, 2.05) is 6.92 Å². The van der Waals surface area contributed by atoms with Gasteiger partial charge in [-0.25, -0.2) is 13.2 Å². The molecule has 0 saturated heterocycles. The highest BCUT2D eigenvalue weighted by Gasteiger charge is 2.18. The molecule has 2 aromatic carbocycles. The van der Waals surface area contributed by atoms with Gasteiger partial charge in [-0.05, 0) is 49.7 Å². The molecule has 1 heterocycles. The second kappa shape index (κ2) is 6.10. The van der Waals surface area contributed by atoms with Crippen LogP contribution in [-0.2, 0) is 16.6 Å². The molecule has 0 atom stereocenters. The van der Waals surface area contributed by atoms with Crippen LogP contribution in [0, 0.1) is 6.92 Å². The van der Waals surface area contributed by atoms with Crippen LogP contribution in [0.1, 0.15) is 12.5 Å². The smallest absolute Gasteiger partial charge is 0.408 e. The highest BCUT2D eigenvalue weighted by Crippen LogP contribution is 2.24. The number of hydrogen-bond donors (Lipinski definition) is 1. The number of aryl methyl sites for hydroxylation is 2. The van der Waals surface area contributed by atoms with Crippen LogP contribution in [-0.4, -0.2) is 13.0 Å². The summed E-state index contributed by atoms with van der Waals surface area (Å²) < 4.78 is 35.1. The minimum atomic E-state index is -3.74. The van der Waals surface area contributed by atoms with Crippen LogP contribution < -0.4 is 10.5 Å². The number of oxazole rings is 1. The van der Waals surface area contributed by atoms with Crippen molar-refractivity contribution in [2.45, 2.75) is 25.3 Å². The molecular formula is C16H15BrN2O4S. The van der Waals surface area contributed by atoms with Crippen molar-refractivity contribution < 1.29 is 12.8 Å². The van der Waals surface area contributed by atoms with E-state index in [9.17, 15) is 13.2 Å². The molecule has 0 spiro atoms. The minimum Gasteiger partial charge on any atom is -0.408 e. The van der Waals surface area contributed by atoms with E-state index < -0.39 is 15.8 Å². The lowest BCUT2D eigenvalue weighted by Gasteiger charge is -2.10. The number of nitrogens with one attached hydrogen (secondary N) is 1. The number of aromatic nitrogens is 1. The monoisotopic (exact) mass is 410 g/mol. The van der Waals surface area contributed by atoms with Gasteiger partial charge in [0.25, 0.3) is 10.0 Å². The third kappa shape index (κ3) is 2.99. The molecule has 6 nitrogen and oxygen atoms in total. The van der Waals surface area contributed by atoms with E-state index in [1.54, 1.807) is 31.2 Å². The molecule has 0 aliphatic carbocycles. The van der Waals surface area contributed by atoms with Crippen LogP contribution in [0.5, 0.6) is 0 Å². The molecule has 0 fully saturated rings. The fourth-order valence-corrected chi connectivity index (χ4v) is 4.31. The van der Waals surface area contributed by atoms with Crippen molar-refractivity contribution in [3.63, 3.8) is 0 Å². The lowest BCUT2D eigenvalue weighted by Crippen LogP contribution is -2.14. The van der Waals surface area contributed by atoms with Gasteiger partial charge in [-0.3, -0.25) is 9.29 Å². The first-order valence-electron chi connectivity index (χ1n) is 7.24. The van der Waals surface area contributed by atoms with Crippen molar-refractivity contribution in [2.24, 2.45) is 0 Å². The van der Waals surface area contributed by atoms with Crippen LogP contribution in [0.15, 0.2) is 55.0 Å². The SMILES string of the molecule is CCn1c(=O)oc2cc(NS(=O)(=O)c3ccc(Br)cc3C)ccc21. The van der Waals surface area contributed by atoms with Gasteiger partial charge in [0.2, 0.25) is 0 Å². The lowest BCUT2D eigenvalue weighted by molar-refractivity contribution is 0.513. The van der Waals surface area contributed by atoms with E-state index in [1.165, 1.54) is 16.7 Å². The largest absolute Gasteiger partial charge is 0.419 e. The molecule has 0 aliphatic heterocycles. The van der Waals surface area contributed by atoms with Gasteiger partial charge in [-0.1, -0.05) is 15.9 Å². The number of fused-ring (bicyclic) bond motifs is 1. The molecule has 8 heteroatoms. The summed E-state index contributed by atoms with van der Waals surface area (Å²) in [5.74, 6) is -0.462. The standard InChI is InChI=1S/C16H15BrN2O4S/c1-3-19-13-6-5-12(9-14(13)23-16(19)20)18-24(21,22)15-7-4-11(17)8-10(15)2/h4-9,18H,3H2,1-2H3. The van der Waals surface area contributed by atoms with Crippen LogP contribution in [0.2, 0.25) is 0 Å². The molecule has 24 heavy (non-hydrogen) atoms. The number of anilines is 1. The molecular weight excluding hydrogens is 396 g/mol. The third-order valence-corrected chi connectivity index (χ3v) is 5.70. The Labute approximate surface area is 147 Å². The maximum atomic E-state index is 12.6. The Morgan fingerprint density at radius 3 is 2.62 bits per heavy atom. The van der Waals surface area contributed by atoms with E-state index in [2.05, 4.69) is 20.7 Å². The first-order valence-corrected chi connectivity index (χ1v) is 9.52. The lowest BCUT2D eigenvalue weighted by atomic mass is 10.2. The number of hydrogen-bond acceptors (Lipinski definition) is 4. The Hall–Kier alpha value is -2.06. The molecule has 0 saturated carbocycles. The topological polar surface area (TPSA) is 81.3 Å². The van der Waals surface area contributed by atoms with Crippen molar-refractivity contribution >= 4 is 42.7 Å². The van der Waals surface area contributed by atoms with E-state index >= 15 is 0 Å². The Kier molecular flexibility index (Phi) is 4.27. The van der Waals surface area contributed by atoms with Crippen molar-refractivity contribution in [1.82, 2.24) is 4.57 Å². The Morgan fingerprint density at radius 2 is 1.96 bits per heavy atom. The zero-order chi connectivity index (χ0) is 17.5. The predicted molar refractivity (Wildman–Crippen MR) is 95.8 cm³/mol. The number of sulfonamides is 1. The normalized spacial score (nSPS) is 11.8. The van der Waals surface area contributed by atoms with Gasteiger partial charge in [0.1, 0.15) is 0 Å². The van der Waals surface area contributed by atoms with Gasteiger partial charge in [0.05, 0.1) is 16.1 Å². The molecule has 1 aromatic heterocycles. The van der Waals surface area contributed by atoms with Gasteiger partial charge < -0.3 is 4.42 Å². The Balaban J connectivity index is 2.01. The summed E-state index contributed by atoms with van der Waals surface area (Å²) >= 11 is 3.31. The molecule has 0 amide bonds. The van der Waals surface area contributed by atoms with Crippen molar-refractivity contribution in [3.8, 4) is 0 Å². The average molecular weight is 411 g/mol. The van der Waals surface area contributed by atoms with Crippen LogP contribution >= 0.6 is 15.9 Å². The fourth-order valence-electron chi connectivity index (χ4n) is 2.55. The maximum absolute atomic E-state index is 12.6. The molecule has 1 N–H and O–H groups in total. The Bertz CT molecular complexity index is 1080. The zero-order valence-corrected chi connectivity index (χ0v) is 15.4. The van der Waals surface area contributed by atoms with Crippen LogP contribution in [0.3, 0.4) is 0 Å². The third-order valence-electron chi connectivity index (χ3n) is 3.66. The van der Waals surface area contributed by atoms with E-state index in [4.69, 9.17) is 4.42 Å². The first-order chi connectivity index (χ1) is 11.3. The van der Waals surface area contributed by atoms with E-state index in [0.717, 1.165) is 4.47 Å². The summed E-state index contributed by atoms with van der Waals surface area (Å²) in [5, 5.41) is 0. The van der Waals surface area contributed by atoms with Gasteiger partial charge in [-0.2, -0.15) is 0 Å². The highest BCUT2D eigenvalue weighted by molar-refractivity contribution is 9.10. The number of nitrogens with zero attached hydrogens (tertiary/aromatic N) is 1. The average Bonchev–Trinajstić information content (AvgIpc) is 2.80. The van der Waals surface area contributed by atoms with E-state index in [-0.39, 0.29) is 4.90 Å². The molecule has 3 rings (SSSR count). The first kappa shape index (κ1) is 16.8. The number of halogens is 1. The zero-order valence-electron chi connectivity index (χ0n) is 13.0. The summed E-state index contributed by atoms with van der Waals surface area (Å²) in [6.07, 6.45) is 0. The maximum Gasteiger partial charge on any atom is 0.419 e. The van der Waals surface area contributed by atoms with Crippen LogP contribution in [0.25, 0.3) is 11.1 Å². The summed E-state index contributed by atoms with van der Waals surface area (Å²) in [6.45, 7) is 4.04. The van der Waals surface area contributed by atoms with Crippen LogP contribution in [0.4, 0.5) is 5.69 Å². The second-order valence-electron chi connectivity index (χ2n) is 5.31. The molecule has 0 unspecified atom stereocenters. The summed E-state index contributed by atoms with van der Waals surface area (Å²) in [7, 11) is -3.74. The Morgan fingerprint density at radius 1 is 1.21 bits per heavy atom.